The van der Waals surface area contributed by atoms with Crippen LogP contribution < -0.4 is 15.5 Å². The number of amides is 2. The molecular formula is C27H28N4O5S2. The molecule has 1 atom stereocenters. The molecule has 0 saturated heterocycles. The van der Waals surface area contributed by atoms with Crippen molar-refractivity contribution in [2.24, 2.45) is 0 Å². The highest BCUT2D eigenvalue weighted by atomic mass is 32.2. The maximum absolute atomic E-state index is 13.3. The third kappa shape index (κ3) is 7.23. The lowest BCUT2D eigenvalue weighted by atomic mass is 10.1. The third-order valence-corrected chi connectivity index (χ3v) is 8.20. The van der Waals surface area contributed by atoms with Crippen molar-refractivity contribution in [1.29, 1.82) is 0 Å². The van der Waals surface area contributed by atoms with Crippen molar-refractivity contribution in [1.82, 2.24) is 15.2 Å². The first-order valence-electron chi connectivity index (χ1n) is 12.1. The Morgan fingerprint density at radius 1 is 0.921 bits per heavy atom. The smallest absolute Gasteiger partial charge is 0.244 e. The molecule has 4 N–H and O–H groups in total. The summed E-state index contributed by atoms with van der Waals surface area (Å²) in [6, 6.07) is 20.7. The van der Waals surface area contributed by atoms with Crippen LogP contribution in [0.5, 0.6) is 0 Å². The van der Waals surface area contributed by atoms with Gasteiger partial charge in [-0.3, -0.25) is 14.8 Å². The van der Waals surface area contributed by atoms with Gasteiger partial charge in [0.1, 0.15) is 6.04 Å². The summed E-state index contributed by atoms with van der Waals surface area (Å²) in [6.45, 7) is 0. The van der Waals surface area contributed by atoms with Crippen LogP contribution in [0.15, 0.2) is 83.1 Å². The number of aromatic nitrogens is 1. The van der Waals surface area contributed by atoms with Crippen LogP contribution >= 0.6 is 11.3 Å². The van der Waals surface area contributed by atoms with Gasteiger partial charge in [-0.2, -0.15) is 4.72 Å². The van der Waals surface area contributed by atoms with Crippen molar-refractivity contribution in [2.45, 2.75) is 43.0 Å². The van der Waals surface area contributed by atoms with Gasteiger partial charge in [0.2, 0.25) is 21.8 Å². The summed E-state index contributed by atoms with van der Waals surface area (Å²) in [6.07, 6.45) is 1.91. The molecule has 198 valence electrons. The molecule has 11 heteroatoms. The molecule has 0 saturated carbocycles. The summed E-state index contributed by atoms with van der Waals surface area (Å²) < 4.78 is 29.1. The van der Waals surface area contributed by atoms with Crippen molar-refractivity contribution >= 4 is 49.1 Å². The second-order valence-corrected chi connectivity index (χ2v) is 11.3. The van der Waals surface area contributed by atoms with Gasteiger partial charge in [0.15, 0.2) is 5.13 Å². The van der Waals surface area contributed by atoms with E-state index in [0.717, 1.165) is 16.3 Å². The number of carbonyl (C=O) groups is 2. The predicted octanol–water partition coefficient (Wildman–Crippen LogP) is 4.70. The first kappa shape index (κ1) is 27.4. The van der Waals surface area contributed by atoms with Gasteiger partial charge in [-0.15, -0.1) is 11.3 Å². The zero-order valence-electron chi connectivity index (χ0n) is 20.5. The summed E-state index contributed by atoms with van der Waals surface area (Å²) in [7, 11) is -4.01. The number of thiazole rings is 1. The van der Waals surface area contributed by atoms with Gasteiger partial charge in [0.25, 0.3) is 0 Å². The molecule has 1 heterocycles. The van der Waals surface area contributed by atoms with Crippen LogP contribution in [0.3, 0.4) is 0 Å². The number of hydrogen-bond acceptors (Lipinski definition) is 7. The average molecular weight is 553 g/mol. The van der Waals surface area contributed by atoms with Crippen molar-refractivity contribution in [2.75, 3.05) is 5.32 Å². The molecule has 0 aliphatic rings. The van der Waals surface area contributed by atoms with Crippen LogP contribution in [0, 0.1) is 0 Å². The number of unbranched alkanes of at least 4 members (excludes halogenated alkanes) is 2. The number of fused-ring (bicyclic) bond motifs is 1. The second kappa shape index (κ2) is 12.7. The number of hydrogen-bond donors (Lipinski definition) is 4. The SMILES string of the molecule is O=C(CCCCC[C@H](NS(=O)(=O)c1ccc2ccccc2c1)C(=O)Nc1nc(-c2ccccc2)cs1)NO. The van der Waals surface area contributed by atoms with Crippen molar-refractivity contribution in [3.05, 3.63) is 78.2 Å². The summed E-state index contributed by atoms with van der Waals surface area (Å²) in [5.74, 6) is -1.01. The molecule has 0 bridgehead atoms. The minimum atomic E-state index is -4.01. The van der Waals surface area contributed by atoms with E-state index in [4.69, 9.17) is 5.21 Å². The summed E-state index contributed by atoms with van der Waals surface area (Å²) in [5.41, 5.74) is 3.20. The highest BCUT2D eigenvalue weighted by molar-refractivity contribution is 7.89. The van der Waals surface area contributed by atoms with E-state index in [9.17, 15) is 18.0 Å². The largest absolute Gasteiger partial charge is 0.301 e. The third-order valence-electron chi connectivity index (χ3n) is 5.97. The van der Waals surface area contributed by atoms with Crippen molar-refractivity contribution in [3.63, 3.8) is 0 Å². The van der Waals surface area contributed by atoms with Crippen molar-refractivity contribution in [3.8, 4) is 11.3 Å². The summed E-state index contributed by atoms with van der Waals surface area (Å²) >= 11 is 1.26. The zero-order chi connectivity index (χ0) is 27.0. The Morgan fingerprint density at radius 2 is 1.66 bits per heavy atom. The average Bonchev–Trinajstić information content (AvgIpc) is 3.40. The Labute approximate surface area is 224 Å². The Balaban J connectivity index is 1.48. The topological polar surface area (TPSA) is 137 Å². The fourth-order valence-electron chi connectivity index (χ4n) is 3.97. The zero-order valence-corrected chi connectivity index (χ0v) is 22.1. The number of hydroxylamine groups is 1. The number of nitrogens with zero attached hydrogens (tertiary/aromatic N) is 1. The molecule has 0 unspecified atom stereocenters. The Hall–Kier alpha value is -3.64. The molecule has 1 aromatic heterocycles. The van der Waals surface area contributed by atoms with E-state index in [1.165, 1.54) is 17.4 Å². The molecule has 0 fully saturated rings. The lowest BCUT2D eigenvalue weighted by Crippen LogP contribution is -2.43. The van der Waals surface area contributed by atoms with E-state index in [2.05, 4.69) is 15.0 Å². The van der Waals surface area contributed by atoms with Crippen LogP contribution in [-0.2, 0) is 19.6 Å². The number of nitrogens with one attached hydrogen (secondary N) is 3. The number of carbonyl (C=O) groups excluding carboxylic acids is 2. The van der Waals surface area contributed by atoms with E-state index in [0.29, 0.717) is 30.1 Å². The van der Waals surface area contributed by atoms with Gasteiger partial charge in [0, 0.05) is 17.4 Å². The van der Waals surface area contributed by atoms with Crippen LogP contribution in [0.4, 0.5) is 5.13 Å². The second-order valence-electron chi connectivity index (χ2n) is 8.71. The van der Waals surface area contributed by atoms with Gasteiger partial charge >= 0.3 is 0 Å². The Bertz CT molecular complexity index is 1510. The van der Waals surface area contributed by atoms with E-state index < -0.39 is 27.9 Å². The monoisotopic (exact) mass is 552 g/mol. The van der Waals surface area contributed by atoms with Gasteiger partial charge in [-0.1, -0.05) is 73.5 Å². The van der Waals surface area contributed by atoms with Gasteiger partial charge in [0.05, 0.1) is 10.6 Å². The molecule has 3 aromatic carbocycles. The highest BCUT2D eigenvalue weighted by Crippen LogP contribution is 2.25. The fraction of sp³-hybridized carbons (Fsp3) is 0.222. The van der Waals surface area contributed by atoms with Gasteiger partial charge < -0.3 is 5.32 Å². The van der Waals surface area contributed by atoms with Crippen molar-refractivity contribution < 1.29 is 23.2 Å². The van der Waals surface area contributed by atoms with E-state index in [1.54, 1.807) is 17.6 Å². The molecule has 9 nitrogen and oxygen atoms in total. The van der Waals surface area contributed by atoms with Crippen LogP contribution in [0.2, 0.25) is 0 Å². The van der Waals surface area contributed by atoms with E-state index >= 15 is 0 Å². The first-order valence-corrected chi connectivity index (χ1v) is 14.5. The molecule has 0 radical (unpaired) electrons. The molecule has 0 aliphatic carbocycles. The molecule has 0 spiro atoms. The van der Waals surface area contributed by atoms with Gasteiger partial charge in [-0.05, 0) is 35.7 Å². The normalized spacial score (nSPS) is 12.2. The Kier molecular flexibility index (Phi) is 9.19. The summed E-state index contributed by atoms with van der Waals surface area (Å²) in [4.78, 5) is 29.0. The predicted molar refractivity (Wildman–Crippen MR) is 147 cm³/mol. The lowest BCUT2D eigenvalue weighted by Gasteiger charge is -2.18. The number of benzene rings is 3. The maximum atomic E-state index is 13.3. The minimum absolute atomic E-state index is 0.0641. The fourth-order valence-corrected chi connectivity index (χ4v) is 5.95. The number of anilines is 1. The molecule has 38 heavy (non-hydrogen) atoms. The quantitative estimate of drug-likeness (QED) is 0.114. The standard InChI is InChI=1S/C27H28N4O5S2/c32-25(30-34)14-6-2-5-13-23(26(33)29-27-28-24(18-37-27)20-10-3-1-4-11-20)31-38(35,36)22-16-15-19-9-7-8-12-21(19)17-22/h1,3-4,7-12,15-18,23,31,34H,2,5-6,13-14H2,(H,30,32)(H,28,29,33)/t23-/m0/s1. The number of rotatable bonds is 12. The minimum Gasteiger partial charge on any atom is -0.301 e. The van der Waals surface area contributed by atoms with E-state index in [1.807, 2.05) is 60.0 Å². The first-order chi connectivity index (χ1) is 18.4. The highest BCUT2D eigenvalue weighted by Gasteiger charge is 2.26. The molecule has 0 aliphatic heterocycles. The maximum Gasteiger partial charge on any atom is 0.244 e. The number of sulfonamides is 1. The van der Waals surface area contributed by atoms with Crippen LogP contribution in [-0.4, -0.2) is 36.5 Å². The van der Waals surface area contributed by atoms with Crippen LogP contribution in [0.25, 0.3) is 22.0 Å². The van der Waals surface area contributed by atoms with Gasteiger partial charge in [-0.25, -0.2) is 18.9 Å². The molecular weight excluding hydrogens is 524 g/mol. The van der Waals surface area contributed by atoms with E-state index in [-0.39, 0.29) is 17.7 Å². The molecule has 4 aromatic rings. The van der Waals surface area contributed by atoms with Crippen LogP contribution in [0.1, 0.15) is 32.1 Å². The molecule has 2 amide bonds. The summed E-state index contributed by atoms with van der Waals surface area (Å²) in [5, 5.41) is 15.3. The Morgan fingerprint density at radius 3 is 2.42 bits per heavy atom. The molecule has 4 rings (SSSR count). The lowest BCUT2D eigenvalue weighted by molar-refractivity contribution is -0.129.